The molecule has 5 heteroatoms. The van der Waals surface area contributed by atoms with E-state index >= 15 is 0 Å². The molecule has 5 nitrogen and oxygen atoms in total. The summed E-state index contributed by atoms with van der Waals surface area (Å²) in [5, 5.41) is 3.39. The first-order chi connectivity index (χ1) is 13.0. The second-order valence-corrected chi connectivity index (χ2v) is 6.95. The maximum atomic E-state index is 4.72. The lowest BCUT2D eigenvalue weighted by atomic mass is 10.1. The van der Waals surface area contributed by atoms with Crippen molar-refractivity contribution in [3.05, 3.63) is 71.8 Å². The molecule has 0 aliphatic rings. The smallest absolute Gasteiger partial charge is 0.229 e. The minimum absolute atomic E-state index is 0.715. The highest BCUT2D eigenvalue weighted by molar-refractivity contribution is 5.61. The number of aromatic nitrogens is 2. The summed E-state index contributed by atoms with van der Waals surface area (Å²) in [4.78, 5) is 13.5. The Morgan fingerprint density at radius 1 is 0.889 bits per heavy atom. The normalized spacial score (nSPS) is 10.5. The summed E-state index contributed by atoms with van der Waals surface area (Å²) in [5.74, 6) is 2.38. The lowest BCUT2D eigenvalue weighted by Gasteiger charge is -2.21. The summed E-state index contributed by atoms with van der Waals surface area (Å²) >= 11 is 0. The van der Waals surface area contributed by atoms with Gasteiger partial charge in [0.1, 0.15) is 11.6 Å². The molecule has 0 saturated carbocycles. The highest BCUT2D eigenvalue weighted by Gasteiger charge is 2.11. The Morgan fingerprint density at radius 2 is 1.59 bits per heavy atom. The van der Waals surface area contributed by atoms with Crippen molar-refractivity contribution in [3.63, 3.8) is 0 Å². The molecule has 0 saturated heterocycles. The Labute approximate surface area is 161 Å². The van der Waals surface area contributed by atoms with Crippen LogP contribution in [-0.2, 0) is 6.42 Å². The standard InChI is InChI=1S/C22H27N5/c1-17-10-12-19(13-11-17)23-20-16-21(26(2)3)25-22(24-20)27(4)15-14-18-8-6-5-7-9-18/h5-13,16H,14-15H2,1-4H3,(H,23,24,25). The van der Waals surface area contributed by atoms with E-state index in [9.17, 15) is 0 Å². The zero-order valence-electron chi connectivity index (χ0n) is 16.5. The van der Waals surface area contributed by atoms with E-state index in [1.54, 1.807) is 0 Å². The summed E-state index contributed by atoms with van der Waals surface area (Å²) in [5.41, 5.74) is 3.56. The molecule has 0 radical (unpaired) electrons. The molecule has 0 bridgehead atoms. The minimum Gasteiger partial charge on any atom is -0.363 e. The molecule has 0 aliphatic heterocycles. The van der Waals surface area contributed by atoms with Gasteiger partial charge >= 0.3 is 0 Å². The third kappa shape index (κ3) is 5.20. The lowest BCUT2D eigenvalue weighted by molar-refractivity contribution is 0.835. The van der Waals surface area contributed by atoms with Crippen LogP contribution in [0, 0.1) is 6.92 Å². The number of hydrogen-bond acceptors (Lipinski definition) is 5. The van der Waals surface area contributed by atoms with Gasteiger partial charge in [-0.05, 0) is 31.0 Å². The Hall–Kier alpha value is -3.08. The molecule has 0 unspecified atom stereocenters. The number of nitrogens with zero attached hydrogens (tertiary/aromatic N) is 4. The average molecular weight is 361 g/mol. The molecule has 0 fully saturated rings. The molecule has 27 heavy (non-hydrogen) atoms. The van der Waals surface area contributed by atoms with Gasteiger partial charge in [0, 0.05) is 39.4 Å². The van der Waals surface area contributed by atoms with Gasteiger partial charge in [0.25, 0.3) is 0 Å². The van der Waals surface area contributed by atoms with Gasteiger partial charge < -0.3 is 15.1 Å². The van der Waals surface area contributed by atoms with Gasteiger partial charge in [-0.3, -0.25) is 0 Å². The SMILES string of the molecule is Cc1ccc(Nc2cc(N(C)C)nc(N(C)CCc3ccccc3)n2)cc1. The van der Waals surface area contributed by atoms with E-state index in [0.717, 1.165) is 30.3 Å². The van der Waals surface area contributed by atoms with Crippen molar-refractivity contribution in [2.75, 3.05) is 42.8 Å². The maximum absolute atomic E-state index is 4.72. The van der Waals surface area contributed by atoms with E-state index < -0.39 is 0 Å². The van der Waals surface area contributed by atoms with Crippen LogP contribution in [0.2, 0.25) is 0 Å². The monoisotopic (exact) mass is 361 g/mol. The first kappa shape index (κ1) is 18.7. The summed E-state index contributed by atoms with van der Waals surface area (Å²) in [7, 11) is 6.02. The third-order valence-electron chi connectivity index (χ3n) is 4.40. The van der Waals surface area contributed by atoms with Crippen molar-refractivity contribution in [2.45, 2.75) is 13.3 Å². The number of likely N-dealkylation sites (N-methyl/N-ethyl adjacent to an activating group) is 1. The van der Waals surface area contributed by atoms with Crippen LogP contribution >= 0.6 is 0 Å². The highest BCUT2D eigenvalue weighted by atomic mass is 15.3. The number of benzene rings is 2. The van der Waals surface area contributed by atoms with Crippen molar-refractivity contribution in [2.24, 2.45) is 0 Å². The van der Waals surface area contributed by atoms with E-state index in [1.165, 1.54) is 11.1 Å². The molecule has 3 rings (SSSR count). The van der Waals surface area contributed by atoms with E-state index in [4.69, 9.17) is 9.97 Å². The minimum atomic E-state index is 0.715. The van der Waals surface area contributed by atoms with Gasteiger partial charge in [0.15, 0.2) is 0 Å². The van der Waals surface area contributed by atoms with Crippen LogP contribution in [0.3, 0.4) is 0 Å². The summed E-state index contributed by atoms with van der Waals surface area (Å²) in [6.07, 6.45) is 0.952. The van der Waals surface area contributed by atoms with Crippen molar-refractivity contribution >= 4 is 23.3 Å². The fourth-order valence-electron chi connectivity index (χ4n) is 2.71. The van der Waals surface area contributed by atoms with Gasteiger partial charge in [-0.2, -0.15) is 9.97 Å². The average Bonchev–Trinajstić information content (AvgIpc) is 2.68. The van der Waals surface area contributed by atoms with Crippen LogP contribution in [0.5, 0.6) is 0 Å². The quantitative estimate of drug-likeness (QED) is 0.681. The van der Waals surface area contributed by atoms with Crippen molar-refractivity contribution < 1.29 is 0 Å². The summed E-state index contributed by atoms with van der Waals surface area (Å²) in [6.45, 7) is 2.93. The summed E-state index contributed by atoms with van der Waals surface area (Å²) < 4.78 is 0. The predicted molar refractivity (Wildman–Crippen MR) is 114 cm³/mol. The highest BCUT2D eigenvalue weighted by Crippen LogP contribution is 2.22. The fraction of sp³-hybridized carbons (Fsp3) is 0.273. The van der Waals surface area contributed by atoms with Crippen molar-refractivity contribution in [1.82, 2.24) is 9.97 Å². The lowest BCUT2D eigenvalue weighted by Crippen LogP contribution is -2.24. The molecule has 2 aromatic carbocycles. The Morgan fingerprint density at radius 3 is 2.26 bits per heavy atom. The molecule has 0 atom stereocenters. The van der Waals surface area contributed by atoms with E-state index in [0.29, 0.717) is 5.95 Å². The van der Waals surface area contributed by atoms with Crippen LogP contribution in [0.15, 0.2) is 60.7 Å². The Kier molecular flexibility index (Phi) is 5.91. The summed E-state index contributed by atoms with van der Waals surface area (Å²) in [6, 6.07) is 20.7. The number of nitrogens with one attached hydrogen (secondary N) is 1. The Balaban J connectivity index is 1.78. The number of anilines is 4. The van der Waals surface area contributed by atoms with Gasteiger partial charge in [-0.25, -0.2) is 0 Å². The predicted octanol–water partition coefficient (Wildman–Crippen LogP) is 4.27. The van der Waals surface area contributed by atoms with Crippen molar-refractivity contribution in [3.8, 4) is 0 Å². The first-order valence-electron chi connectivity index (χ1n) is 9.16. The largest absolute Gasteiger partial charge is 0.363 e. The molecular formula is C22H27N5. The molecule has 1 heterocycles. The second kappa shape index (κ2) is 8.54. The fourth-order valence-corrected chi connectivity index (χ4v) is 2.71. The molecule has 0 spiro atoms. The van der Waals surface area contributed by atoms with Crippen LogP contribution < -0.4 is 15.1 Å². The van der Waals surface area contributed by atoms with E-state index in [1.807, 2.05) is 38.2 Å². The molecule has 0 aliphatic carbocycles. The number of rotatable bonds is 7. The van der Waals surface area contributed by atoms with E-state index in [2.05, 4.69) is 65.7 Å². The van der Waals surface area contributed by atoms with Crippen LogP contribution in [0.4, 0.5) is 23.3 Å². The van der Waals surface area contributed by atoms with Crippen molar-refractivity contribution in [1.29, 1.82) is 0 Å². The molecule has 1 aromatic heterocycles. The van der Waals surface area contributed by atoms with Crippen LogP contribution in [0.1, 0.15) is 11.1 Å². The number of aryl methyl sites for hydroxylation is 1. The molecule has 3 aromatic rings. The molecule has 140 valence electrons. The molecule has 1 N–H and O–H groups in total. The topological polar surface area (TPSA) is 44.3 Å². The van der Waals surface area contributed by atoms with E-state index in [-0.39, 0.29) is 0 Å². The van der Waals surface area contributed by atoms with Gasteiger partial charge in [0.2, 0.25) is 5.95 Å². The zero-order chi connectivity index (χ0) is 19.2. The molecule has 0 amide bonds. The van der Waals surface area contributed by atoms with Crippen LogP contribution in [-0.4, -0.2) is 37.7 Å². The zero-order valence-corrected chi connectivity index (χ0v) is 16.5. The molecular weight excluding hydrogens is 334 g/mol. The van der Waals surface area contributed by atoms with Gasteiger partial charge in [-0.1, -0.05) is 48.0 Å². The second-order valence-electron chi connectivity index (χ2n) is 6.95. The first-order valence-corrected chi connectivity index (χ1v) is 9.16. The van der Waals surface area contributed by atoms with Crippen LogP contribution in [0.25, 0.3) is 0 Å². The number of hydrogen-bond donors (Lipinski definition) is 1. The maximum Gasteiger partial charge on any atom is 0.229 e. The third-order valence-corrected chi connectivity index (χ3v) is 4.40. The Bertz CT molecular complexity index is 860. The van der Waals surface area contributed by atoms with Gasteiger partial charge in [0.05, 0.1) is 0 Å². The van der Waals surface area contributed by atoms with Gasteiger partial charge in [-0.15, -0.1) is 0 Å².